The smallest absolute Gasteiger partial charge is 0.276 e. The number of ether oxygens (including phenoxy) is 1. The van der Waals surface area contributed by atoms with Gasteiger partial charge in [-0.2, -0.15) is 0 Å². The van der Waals surface area contributed by atoms with E-state index in [-0.39, 0.29) is 17.5 Å². The van der Waals surface area contributed by atoms with E-state index in [4.69, 9.17) is 4.74 Å². The average molecular weight is 338 g/mol. The predicted molar refractivity (Wildman–Crippen MR) is 94.3 cm³/mol. The number of nitrogens with one attached hydrogen (secondary N) is 1. The summed E-state index contributed by atoms with van der Waals surface area (Å²) < 4.78 is 5.70. The van der Waals surface area contributed by atoms with Crippen molar-refractivity contribution in [1.82, 2.24) is 5.32 Å². The van der Waals surface area contributed by atoms with Crippen LogP contribution >= 0.6 is 0 Å². The highest BCUT2D eigenvalue weighted by Crippen LogP contribution is 2.26. The van der Waals surface area contributed by atoms with Crippen molar-refractivity contribution in [3.63, 3.8) is 0 Å². The molecule has 2 aromatic carbocycles. The molecule has 2 aromatic rings. The van der Waals surface area contributed by atoms with E-state index in [1.54, 1.807) is 18.2 Å². The molecular formula is C19H18N2O4. The third-order valence-electron chi connectivity index (χ3n) is 4.07. The van der Waals surface area contributed by atoms with E-state index in [0.29, 0.717) is 18.7 Å². The minimum absolute atomic E-state index is 0.0242. The van der Waals surface area contributed by atoms with E-state index >= 15 is 0 Å². The summed E-state index contributed by atoms with van der Waals surface area (Å²) in [6, 6.07) is 14.2. The number of para-hydroxylation sites is 2. The van der Waals surface area contributed by atoms with Gasteiger partial charge in [0.2, 0.25) is 5.91 Å². The molecule has 1 aliphatic rings. The summed E-state index contributed by atoms with van der Waals surface area (Å²) in [5, 5.41) is 13.8. The lowest BCUT2D eigenvalue weighted by atomic mass is 9.97. The van der Waals surface area contributed by atoms with Gasteiger partial charge in [-0.05, 0) is 30.2 Å². The second-order valence-electron chi connectivity index (χ2n) is 5.88. The van der Waals surface area contributed by atoms with Crippen LogP contribution < -0.4 is 10.1 Å². The molecular weight excluding hydrogens is 320 g/mol. The van der Waals surface area contributed by atoms with Crippen molar-refractivity contribution in [2.75, 3.05) is 13.2 Å². The molecule has 0 spiro atoms. The predicted octanol–water partition coefficient (Wildman–Crippen LogP) is 2.98. The highest BCUT2D eigenvalue weighted by atomic mass is 16.6. The Bertz CT molecular complexity index is 817. The van der Waals surface area contributed by atoms with Crippen LogP contribution in [-0.2, 0) is 11.2 Å². The number of carbonyl (C=O) groups is 1. The molecule has 1 N–H and O–H groups in total. The van der Waals surface area contributed by atoms with Crippen LogP contribution in [0.15, 0.2) is 54.6 Å². The Hall–Kier alpha value is -3.15. The molecule has 1 atom stereocenters. The molecule has 0 saturated heterocycles. The van der Waals surface area contributed by atoms with Crippen LogP contribution in [0.1, 0.15) is 11.1 Å². The Kier molecular flexibility index (Phi) is 5.09. The minimum atomic E-state index is -0.464. The molecule has 0 radical (unpaired) electrons. The second-order valence-corrected chi connectivity index (χ2v) is 5.88. The normalized spacial score (nSPS) is 16.1. The Labute approximate surface area is 145 Å². The molecule has 6 heteroatoms. The molecule has 0 aromatic heterocycles. The maximum Gasteiger partial charge on any atom is 0.276 e. The fourth-order valence-electron chi connectivity index (χ4n) is 2.79. The number of nitro benzene ring substituents is 1. The fraction of sp³-hybridized carbons (Fsp3) is 0.211. The number of carbonyl (C=O) groups excluding carboxylic acids is 1. The van der Waals surface area contributed by atoms with Crippen molar-refractivity contribution >= 4 is 17.7 Å². The highest BCUT2D eigenvalue weighted by Gasteiger charge is 2.19. The van der Waals surface area contributed by atoms with Crippen molar-refractivity contribution < 1.29 is 14.5 Å². The number of fused-ring (bicyclic) bond motifs is 1. The van der Waals surface area contributed by atoms with E-state index in [2.05, 4.69) is 5.32 Å². The quantitative estimate of drug-likeness (QED) is 0.516. The molecule has 1 aliphatic heterocycles. The monoisotopic (exact) mass is 338 g/mol. The zero-order valence-electron chi connectivity index (χ0n) is 13.6. The Morgan fingerprint density at radius 2 is 2.00 bits per heavy atom. The second kappa shape index (κ2) is 7.61. The molecule has 3 rings (SSSR count). The van der Waals surface area contributed by atoms with E-state index in [1.807, 2.05) is 24.3 Å². The standard InChI is InChI=1S/C19H18N2O4/c22-19(10-9-15-5-1-3-7-17(15)21(23)24)20-12-14-11-16-6-2-4-8-18(16)25-13-14/h1-10,14H,11-13H2,(H,20,22)/b10-9+. The summed E-state index contributed by atoms with van der Waals surface area (Å²) in [6.45, 7) is 1.06. The lowest BCUT2D eigenvalue weighted by Gasteiger charge is -2.25. The Morgan fingerprint density at radius 1 is 1.24 bits per heavy atom. The lowest BCUT2D eigenvalue weighted by molar-refractivity contribution is -0.385. The molecule has 0 bridgehead atoms. The fourth-order valence-corrected chi connectivity index (χ4v) is 2.79. The zero-order valence-corrected chi connectivity index (χ0v) is 13.6. The molecule has 1 amide bonds. The first-order chi connectivity index (χ1) is 12.1. The summed E-state index contributed by atoms with van der Waals surface area (Å²) in [4.78, 5) is 22.5. The summed E-state index contributed by atoms with van der Waals surface area (Å²) in [5.74, 6) is 0.830. The van der Waals surface area contributed by atoms with Crippen LogP contribution in [0.4, 0.5) is 5.69 Å². The van der Waals surface area contributed by atoms with Gasteiger partial charge in [0.25, 0.3) is 5.69 Å². The first-order valence-corrected chi connectivity index (χ1v) is 8.03. The van der Waals surface area contributed by atoms with Gasteiger partial charge in [0.1, 0.15) is 5.75 Å². The molecule has 25 heavy (non-hydrogen) atoms. The topological polar surface area (TPSA) is 81.5 Å². The van der Waals surface area contributed by atoms with Gasteiger partial charge in [-0.1, -0.05) is 30.3 Å². The van der Waals surface area contributed by atoms with Gasteiger partial charge in [0.15, 0.2) is 0 Å². The van der Waals surface area contributed by atoms with Crippen LogP contribution in [-0.4, -0.2) is 24.0 Å². The number of amides is 1. The molecule has 128 valence electrons. The Balaban J connectivity index is 1.55. The molecule has 0 aliphatic carbocycles. The third-order valence-corrected chi connectivity index (χ3v) is 4.07. The third kappa shape index (κ3) is 4.23. The van der Waals surface area contributed by atoms with E-state index in [0.717, 1.165) is 17.7 Å². The lowest BCUT2D eigenvalue weighted by Crippen LogP contribution is -2.33. The highest BCUT2D eigenvalue weighted by molar-refractivity contribution is 5.92. The first kappa shape index (κ1) is 16.7. The summed E-state index contributed by atoms with van der Waals surface area (Å²) in [6.07, 6.45) is 3.63. The molecule has 0 saturated carbocycles. The van der Waals surface area contributed by atoms with Crippen molar-refractivity contribution in [2.45, 2.75) is 6.42 Å². The molecule has 1 heterocycles. The van der Waals surface area contributed by atoms with E-state index < -0.39 is 4.92 Å². The number of benzene rings is 2. The van der Waals surface area contributed by atoms with Gasteiger partial charge in [-0.3, -0.25) is 14.9 Å². The molecule has 1 unspecified atom stereocenters. The summed E-state index contributed by atoms with van der Waals surface area (Å²) in [7, 11) is 0. The summed E-state index contributed by atoms with van der Waals surface area (Å²) in [5.41, 5.74) is 1.52. The van der Waals surface area contributed by atoms with Gasteiger partial charge in [-0.15, -0.1) is 0 Å². The van der Waals surface area contributed by atoms with E-state index in [9.17, 15) is 14.9 Å². The van der Waals surface area contributed by atoms with Gasteiger partial charge in [0, 0.05) is 24.6 Å². The SMILES string of the molecule is O=C(/C=C/c1ccccc1[N+](=O)[O-])NCC1COc2ccccc2C1. The maximum absolute atomic E-state index is 12.0. The maximum atomic E-state index is 12.0. The Morgan fingerprint density at radius 3 is 2.84 bits per heavy atom. The number of hydrogen-bond donors (Lipinski definition) is 1. The number of nitro groups is 1. The number of nitrogens with zero attached hydrogens (tertiary/aromatic N) is 1. The van der Waals surface area contributed by atoms with Crippen LogP contribution in [0, 0.1) is 16.0 Å². The molecule has 6 nitrogen and oxygen atoms in total. The van der Waals surface area contributed by atoms with Crippen molar-refractivity contribution in [3.05, 3.63) is 75.8 Å². The van der Waals surface area contributed by atoms with Gasteiger partial charge >= 0.3 is 0 Å². The zero-order chi connectivity index (χ0) is 17.6. The minimum Gasteiger partial charge on any atom is -0.493 e. The van der Waals surface area contributed by atoms with Crippen LogP contribution in [0.2, 0.25) is 0 Å². The van der Waals surface area contributed by atoms with Crippen molar-refractivity contribution in [2.24, 2.45) is 5.92 Å². The van der Waals surface area contributed by atoms with Crippen molar-refractivity contribution in [3.8, 4) is 5.75 Å². The van der Waals surface area contributed by atoms with Crippen LogP contribution in [0.3, 0.4) is 0 Å². The number of rotatable bonds is 5. The summed E-state index contributed by atoms with van der Waals surface area (Å²) >= 11 is 0. The van der Waals surface area contributed by atoms with Gasteiger partial charge in [-0.25, -0.2) is 0 Å². The van der Waals surface area contributed by atoms with E-state index in [1.165, 1.54) is 18.2 Å². The first-order valence-electron chi connectivity index (χ1n) is 8.03. The van der Waals surface area contributed by atoms with Crippen molar-refractivity contribution in [1.29, 1.82) is 0 Å². The van der Waals surface area contributed by atoms with Crippen LogP contribution in [0.5, 0.6) is 5.75 Å². The van der Waals surface area contributed by atoms with Crippen LogP contribution in [0.25, 0.3) is 6.08 Å². The van der Waals surface area contributed by atoms with Gasteiger partial charge < -0.3 is 10.1 Å². The molecule has 0 fully saturated rings. The average Bonchev–Trinajstić information content (AvgIpc) is 2.64. The largest absolute Gasteiger partial charge is 0.493 e. The van der Waals surface area contributed by atoms with Gasteiger partial charge in [0.05, 0.1) is 17.1 Å². The number of hydrogen-bond acceptors (Lipinski definition) is 4.